The van der Waals surface area contributed by atoms with E-state index in [1.807, 2.05) is 32.9 Å². The first kappa shape index (κ1) is 15.0. The van der Waals surface area contributed by atoms with Crippen molar-refractivity contribution < 1.29 is 9.66 Å². The van der Waals surface area contributed by atoms with E-state index in [4.69, 9.17) is 4.74 Å². The lowest BCUT2D eigenvalue weighted by molar-refractivity contribution is -0.385. The van der Waals surface area contributed by atoms with Crippen molar-refractivity contribution in [3.05, 3.63) is 64.2 Å². The maximum Gasteiger partial charge on any atom is 0.273 e. The molecule has 0 saturated heterocycles. The van der Waals surface area contributed by atoms with Crippen LogP contribution in [0.15, 0.2) is 48.6 Å². The lowest BCUT2D eigenvalue weighted by atomic mass is 9.77. The van der Waals surface area contributed by atoms with Gasteiger partial charge < -0.3 is 4.74 Å². The van der Waals surface area contributed by atoms with Crippen molar-refractivity contribution in [1.29, 1.82) is 0 Å². The van der Waals surface area contributed by atoms with Gasteiger partial charge in [0, 0.05) is 29.4 Å². The number of rotatable bonds is 3. The summed E-state index contributed by atoms with van der Waals surface area (Å²) >= 11 is 0. The Hall–Kier alpha value is -1.94. The third kappa shape index (κ3) is 2.71. The average molecular weight is 299 g/mol. The molecule has 0 spiro atoms. The molecule has 2 aliphatic rings. The molecule has 0 saturated carbocycles. The Kier molecular flexibility index (Phi) is 3.65. The van der Waals surface area contributed by atoms with Crippen molar-refractivity contribution in [2.45, 2.75) is 38.4 Å². The number of para-hydroxylation sites is 1. The van der Waals surface area contributed by atoms with Gasteiger partial charge in [0.05, 0.1) is 16.6 Å². The molecule has 0 aliphatic heterocycles. The van der Waals surface area contributed by atoms with Crippen LogP contribution in [0.5, 0.6) is 0 Å². The van der Waals surface area contributed by atoms with Crippen LogP contribution in [0, 0.1) is 22.0 Å². The predicted octanol–water partition coefficient (Wildman–Crippen LogP) is 4.23. The van der Waals surface area contributed by atoms with E-state index in [1.165, 1.54) is 0 Å². The molecule has 4 atom stereocenters. The highest BCUT2D eigenvalue weighted by Crippen LogP contribution is 2.46. The van der Waals surface area contributed by atoms with Crippen LogP contribution < -0.4 is 0 Å². The Morgan fingerprint density at radius 2 is 1.77 bits per heavy atom. The molecule has 1 aromatic carbocycles. The summed E-state index contributed by atoms with van der Waals surface area (Å²) in [6.07, 6.45) is 8.59. The topological polar surface area (TPSA) is 52.4 Å². The number of ether oxygens (including phenoxy) is 1. The molecule has 4 heteroatoms. The predicted molar refractivity (Wildman–Crippen MR) is 85.7 cm³/mol. The van der Waals surface area contributed by atoms with Crippen molar-refractivity contribution in [2.75, 3.05) is 0 Å². The van der Waals surface area contributed by atoms with Crippen LogP contribution in [0.2, 0.25) is 0 Å². The van der Waals surface area contributed by atoms with Gasteiger partial charge in [-0.05, 0) is 20.8 Å². The van der Waals surface area contributed by atoms with E-state index in [9.17, 15) is 10.1 Å². The van der Waals surface area contributed by atoms with Crippen LogP contribution in [0.25, 0.3) is 0 Å². The van der Waals surface area contributed by atoms with Crippen molar-refractivity contribution in [3.8, 4) is 0 Å². The minimum absolute atomic E-state index is 0.0102. The molecule has 2 bridgehead atoms. The molecule has 2 aliphatic carbocycles. The number of hydrogen-bond donors (Lipinski definition) is 0. The zero-order valence-electron chi connectivity index (χ0n) is 13.1. The summed E-state index contributed by atoms with van der Waals surface area (Å²) in [5, 5.41) is 11.3. The molecule has 4 nitrogen and oxygen atoms in total. The van der Waals surface area contributed by atoms with Crippen LogP contribution >= 0.6 is 0 Å². The maximum atomic E-state index is 11.3. The van der Waals surface area contributed by atoms with Crippen molar-refractivity contribution in [1.82, 2.24) is 0 Å². The Bertz CT molecular complexity index is 642. The van der Waals surface area contributed by atoms with E-state index in [2.05, 4.69) is 24.3 Å². The van der Waals surface area contributed by atoms with Gasteiger partial charge in [0.25, 0.3) is 5.69 Å². The molecule has 3 rings (SSSR count). The standard InChI is InChI=1S/C18H21NO3/c1-18(2,3)22-17-12-8-10-13(15(17)11-9-12)14-6-4-5-7-16(14)19(20)21/h4-13,15,17H,1-3H3/t12-,13+,15-,17-/m1/s1. The molecule has 0 fully saturated rings. The number of nitrogens with zero attached hydrogens (tertiary/aromatic N) is 1. The number of nitro benzene ring substituents is 1. The number of allylic oxidation sites excluding steroid dienone is 1. The SMILES string of the molecule is CC(C)(C)O[C@@H]1[C@H]2C=C[C@@H]1[C@H](c1ccccc1[N+](=O)[O-])C=C2. The highest BCUT2D eigenvalue weighted by atomic mass is 16.6. The Balaban J connectivity index is 1.96. The fourth-order valence-electron chi connectivity index (χ4n) is 3.42. The van der Waals surface area contributed by atoms with Gasteiger partial charge >= 0.3 is 0 Å². The number of nitro groups is 1. The van der Waals surface area contributed by atoms with E-state index in [0.29, 0.717) is 0 Å². The minimum atomic E-state index is -0.298. The summed E-state index contributed by atoms with van der Waals surface area (Å²) in [4.78, 5) is 11.0. The molecule has 116 valence electrons. The van der Waals surface area contributed by atoms with Crippen molar-refractivity contribution in [2.24, 2.45) is 11.8 Å². The summed E-state index contributed by atoms with van der Waals surface area (Å²) in [5.41, 5.74) is 0.720. The van der Waals surface area contributed by atoms with Crippen molar-refractivity contribution in [3.63, 3.8) is 0 Å². The quantitative estimate of drug-likeness (QED) is 0.476. The molecule has 0 radical (unpaired) electrons. The van der Waals surface area contributed by atoms with Gasteiger partial charge in [0.2, 0.25) is 0 Å². The van der Waals surface area contributed by atoms with Gasteiger partial charge in [-0.1, -0.05) is 42.5 Å². The van der Waals surface area contributed by atoms with Crippen LogP contribution in [-0.4, -0.2) is 16.6 Å². The molecule has 0 heterocycles. The minimum Gasteiger partial charge on any atom is -0.371 e. The second-order valence-corrected chi connectivity index (χ2v) is 6.96. The summed E-state index contributed by atoms with van der Waals surface area (Å²) in [7, 11) is 0. The van der Waals surface area contributed by atoms with E-state index in [0.717, 1.165) is 5.56 Å². The zero-order valence-corrected chi connectivity index (χ0v) is 13.1. The zero-order chi connectivity index (χ0) is 15.9. The summed E-state index contributed by atoms with van der Waals surface area (Å²) < 4.78 is 6.23. The van der Waals surface area contributed by atoms with Gasteiger partial charge in [0.15, 0.2) is 0 Å². The van der Waals surface area contributed by atoms with Gasteiger partial charge in [0.1, 0.15) is 0 Å². The van der Waals surface area contributed by atoms with Gasteiger partial charge in [-0.2, -0.15) is 0 Å². The Morgan fingerprint density at radius 1 is 1.09 bits per heavy atom. The van der Waals surface area contributed by atoms with Crippen LogP contribution in [-0.2, 0) is 4.74 Å². The first-order chi connectivity index (χ1) is 10.4. The molecule has 0 unspecified atom stereocenters. The molecule has 0 amide bonds. The second-order valence-electron chi connectivity index (χ2n) is 6.96. The largest absolute Gasteiger partial charge is 0.371 e. The first-order valence-electron chi connectivity index (χ1n) is 7.64. The lowest BCUT2D eigenvalue weighted by Gasteiger charge is -2.37. The van der Waals surface area contributed by atoms with E-state index in [1.54, 1.807) is 12.1 Å². The van der Waals surface area contributed by atoms with Gasteiger partial charge in [-0.15, -0.1) is 0 Å². The summed E-state index contributed by atoms with van der Waals surface area (Å²) in [5.74, 6) is 0.405. The molecular weight excluding hydrogens is 278 g/mol. The molecule has 22 heavy (non-hydrogen) atoms. The lowest BCUT2D eigenvalue weighted by Crippen LogP contribution is -2.38. The monoisotopic (exact) mass is 299 g/mol. The fourth-order valence-corrected chi connectivity index (χ4v) is 3.42. The van der Waals surface area contributed by atoms with E-state index in [-0.39, 0.29) is 40.1 Å². The van der Waals surface area contributed by atoms with E-state index < -0.39 is 0 Å². The number of fused-ring (bicyclic) bond motifs is 2. The van der Waals surface area contributed by atoms with Gasteiger partial charge in [-0.3, -0.25) is 10.1 Å². The van der Waals surface area contributed by atoms with Gasteiger partial charge in [-0.25, -0.2) is 0 Å². The summed E-state index contributed by atoms with van der Waals surface area (Å²) in [6, 6.07) is 7.01. The van der Waals surface area contributed by atoms with Crippen LogP contribution in [0.4, 0.5) is 5.69 Å². The first-order valence-corrected chi connectivity index (χ1v) is 7.64. The third-order valence-corrected chi connectivity index (χ3v) is 4.25. The fraction of sp³-hybridized carbons (Fsp3) is 0.444. The molecule has 0 aromatic heterocycles. The molecular formula is C18H21NO3. The van der Waals surface area contributed by atoms with E-state index >= 15 is 0 Å². The highest BCUT2D eigenvalue weighted by Gasteiger charge is 2.42. The molecule has 0 N–H and O–H groups in total. The summed E-state index contributed by atoms with van der Waals surface area (Å²) in [6.45, 7) is 6.14. The third-order valence-electron chi connectivity index (χ3n) is 4.25. The maximum absolute atomic E-state index is 11.3. The number of benzene rings is 1. The van der Waals surface area contributed by atoms with Crippen LogP contribution in [0.3, 0.4) is 0 Å². The van der Waals surface area contributed by atoms with Crippen LogP contribution in [0.1, 0.15) is 32.3 Å². The molecule has 1 aromatic rings. The van der Waals surface area contributed by atoms with Crippen molar-refractivity contribution >= 4 is 5.69 Å². The average Bonchev–Trinajstić information content (AvgIpc) is 2.70. The number of hydrogen-bond acceptors (Lipinski definition) is 3. The Labute approximate surface area is 130 Å². The Morgan fingerprint density at radius 3 is 2.45 bits per heavy atom. The normalized spacial score (nSPS) is 29.8. The second kappa shape index (κ2) is 5.36. The highest BCUT2D eigenvalue weighted by molar-refractivity contribution is 5.47. The smallest absolute Gasteiger partial charge is 0.273 e.